The van der Waals surface area contributed by atoms with Crippen molar-refractivity contribution < 1.29 is 17.9 Å². The van der Waals surface area contributed by atoms with E-state index in [1.807, 2.05) is 49.4 Å². The summed E-state index contributed by atoms with van der Waals surface area (Å²) in [5.74, 6) is 0.579. The molecule has 0 aliphatic rings. The average molecular weight is 509 g/mol. The van der Waals surface area contributed by atoms with Crippen LogP contribution in [0.3, 0.4) is 0 Å². The van der Waals surface area contributed by atoms with Crippen LogP contribution >= 0.6 is 0 Å². The van der Waals surface area contributed by atoms with Crippen LogP contribution in [0.25, 0.3) is 0 Å². The van der Waals surface area contributed by atoms with Crippen LogP contribution in [0.15, 0.2) is 66.7 Å². The summed E-state index contributed by atoms with van der Waals surface area (Å²) in [5.41, 5.74) is 5.50. The number of hydrogen-bond acceptors (Lipinski definition) is 4. The molecule has 192 valence electrons. The summed E-state index contributed by atoms with van der Waals surface area (Å²) in [7, 11) is -3.48. The maximum absolute atomic E-state index is 12.5. The van der Waals surface area contributed by atoms with Gasteiger partial charge in [0.1, 0.15) is 12.4 Å². The Bertz CT molecular complexity index is 1250. The number of carbonyl (C=O) groups excluding carboxylic acids is 1. The fourth-order valence-corrected chi connectivity index (χ4v) is 4.66. The maximum atomic E-state index is 12.5. The number of benzene rings is 3. The maximum Gasteiger partial charge on any atom is 0.251 e. The van der Waals surface area contributed by atoms with E-state index in [4.69, 9.17) is 4.74 Å². The number of nitrogens with zero attached hydrogens (tertiary/aromatic N) is 1. The Morgan fingerprint density at radius 1 is 0.917 bits per heavy atom. The molecule has 1 N–H and O–H groups in total. The quantitative estimate of drug-likeness (QED) is 0.332. The molecule has 0 saturated heterocycles. The average Bonchev–Trinajstić information content (AvgIpc) is 2.86. The molecule has 0 fully saturated rings. The predicted octanol–water partition coefficient (Wildman–Crippen LogP) is 5.42. The minimum atomic E-state index is -3.48. The van der Waals surface area contributed by atoms with Crippen LogP contribution < -0.4 is 14.4 Å². The third-order valence-electron chi connectivity index (χ3n) is 6.12. The smallest absolute Gasteiger partial charge is 0.251 e. The molecule has 0 aliphatic heterocycles. The van der Waals surface area contributed by atoms with Gasteiger partial charge in [-0.05, 0) is 85.3 Å². The molecule has 3 aromatic carbocycles. The molecular formula is C29H36N2O4S. The first-order valence-electron chi connectivity index (χ1n) is 12.3. The first-order chi connectivity index (χ1) is 17.2. The second-order valence-corrected chi connectivity index (χ2v) is 11.0. The lowest BCUT2D eigenvalue weighted by molar-refractivity contribution is 0.0947. The molecule has 36 heavy (non-hydrogen) atoms. The monoisotopic (exact) mass is 508 g/mol. The molecule has 0 unspecified atom stereocenters. The largest absolute Gasteiger partial charge is 0.492 e. The van der Waals surface area contributed by atoms with Gasteiger partial charge in [-0.25, -0.2) is 8.42 Å². The highest BCUT2D eigenvalue weighted by molar-refractivity contribution is 7.92. The van der Waals surface area contributed by atoms with Crippen molar-refractivity contribution in [2.75, 3.05) is 23.7 Å². The van der Waals surface area contributed by atoms with Gasteiger partial charge >= 0.3 is 0 Å². The summed E-state index contributed by atoms with van der Waals surface area (Å²) in [6.45, 7) is 7.17. The minimum Gasteiger partial charge on any atom is -0.492 e. The number of unbranched alkanes of at least 4 members (excludes halogenated alkanes) is 1. The molecule has 0 heterocycles. The zero-order valence-corrected chi connectivity index (χ0v) is 22.4. The lowest BCUT2D eigenvalue weighted by Gasteiger charge is -2.23. The van der Waals surface area contributed by atoms with E-state index in [2.05, 4.69) is 19.2 Å². The first-order valence-corrected chi connectivity index (χ1v) is 14.2. The van der Waals surface area contributed by atoms with E-state index in [0.717, 1.165) is 36.1 Å². The molecule has 0 saturated carbocycles. The third-order valence-corrected chi connectivity index (χ3v) is 7.26. The number of anilines is 1. The summed E-state index contributed by atoms with van der Waals surface area (Å²) >= 11 is 0. The molecular weight excluding hydrogens is 472 g/mol. The molecule has 0 aromatic heterocycles. The highest BCUT2D eigenvalue weighted by Crippen LogP contribution is 2.22. The van der Waals surface area contributed by atoms with Gasteiger partial charge in [-0.15, -0.1) is 0 Å². The summed E-state index contributed by atoms with van der Waals surface area (Å²) in [4.78, 5) is 12.5. The van der Waals surface area contributed by atoms with Gasteiger partial charge in [-0.2, -0.15) is 0 Å². The van der Waals surface area contributed by atoms with Crippen molar-refractivity contribution in [3.8, 4) is 5.75 Å². The molecule has 3 aromatic rings. The van der Waals surface area contributed by atoms with E-state index in [1.165, 1.54) is 21.7 Å². The van der Waals surface area contributed by atoms with Crippen molar-refractivity contribution >= 4 is 21.6 Å². The summed E-state index contributed by atoms with van der Waals surface area (Å²) < 4.78 is 32.1. The van der Waals surface area contributed by atoms with Gasteiger partial charge in [-0.1, -0.05) is 43.7 Å². The van der Waals surface area contributed by atoms with E-state index in [0.29, 0.717) is 24.4 Å². The number of hydrogen-bond donors (Lipinski definition) is 1. The number of rotatable bonds is 12. The van der Waals surface area contributed by atoms with E-state index in [1.54, 1.807) is 24.3 Å². The van der Waals surface area contributed by atoms with Crippen LogP contribution in [0, 0.1) is 13.8 Å². The van der Waals surface area contributed by atoms with Crippen molar-refractivity contribution in [2.24, 2.45) is 0 Å². The van der Waals surface area contributed by atoms with Crippen LogP contribution in [0.1, 0.15) is 52.4 Å². The van der Waals surface area contributed by atoms with Crippen molar-refractivity contribution in [3.63, 3.8) is 0 Å². The Kier molecular flexibility index (Phi) is 9.53. The summed E-state index contributed by atoms with van der Waals surface area (Å²) in [5, 5.41) is 2.86. The summed E-state index contributed by atoms with van der Waals surface area (Å²) in [6, 6.07) is 20.6. The Morgan fingerprint density at radius 2 is 1.58 bits per heavy atom. The second-order valence-electron chi connectivity index (χ2n) is 9.09. The molecule has 0 aliphatic carbocycles. The lowest BCUT2D eigenvalue weighted by Crippen LogP contribution is -2.29. The fraction of sp³-hybridized carbons (Fsp3) is 0.345. The van der Waals surface area contributed by atoms with Gasteiger partial charge in [0.05, 0.1) is 25.0 Å². The molecule has 0 radical (unpaired) electrons. The Balaban J connectivity index is 1.56. The number of amides is 1. The molecule has 0 bridgehead atoms. The number of ether oxygens (including phenoxy) is 1. The third kappa shape index (κ3) is 7.85. The van der Waals surface area contributed by atoms with Crippen molar-refractivity contribution in [3.05, 3.63) is 94.5 Å². The van der Waals surface area contributed by atoms with Crippen LogP contribution in [-0.4, -0.2) is 33.7 Å². The van der Waals surface area contributed by atoms with Crippen molar-refractivity contribution in [2.45, 2.75) is 46.6 Å². The Labute approximate surface area is 215 Å². The topological polar surface area (TPSA) is 75.7 Å². The number of carbonyl (C=O) groups is 1. The number of nitrogens with one attached hydrogen (secondary N) is 1. The Hall–Kier alpha value is -3.32. The van der Waals surface area contributed by atoms with Crippen molar-refractivity contribution in [1.29, 1.82) is 0 Å². The van der Waals surface area contributed by atoms with Gasteiger partial charge in [0.2, 0.25) is 10.0 Å². The predicted molar refractivity (Wildman–Crippen MR) is 146 cm³/mol. The highest BCUT2D eigenvalue weighted by atomic mass is 32.2. The molecule has 0 atom stereocenters. The molecule has 1 amide bonds. The molecule has 0 spiro atoms. The molecule has 6 nitrogen and oxygen atoms in total. The van der Waals surface area contributed by atoms with Gasteiger partial charge in [-0.3, -0.25) is 9.10 Å². The fourth-order valence-electron chi connectivity index (χ4n) is 3.78. The van der Waals surface area contributed by atoms with Crippen LogP contribution in [0.5, 0.6) is 5.75 Å². The van der Waals surface area contributed by atoms with E-state index in [-0.39, 0.29) is 12.5 Å². The van der Waals surface area contributed by atoms with E-state index >= 15 is 0 Å². The van der Waals surface area contributed by atoms with Crippen LogP contribution in [-0.2, 0) is 23.0 Å². The highest BCUT2D eigenvalue weighted by Gasteiger charge is 2.18. The van der Waals surface area contributed by atoms with Crippen LogP contribution in [0.4, 0.5) is 5.69 Å². The van der Waals surface area contributed by atoms with E-state index < -0.39 is 10.0 Å². The van der Waals surface area contributed by atoms with Crippen molar-refractivity contribution in [1.82, 2.24) is 5.32 Å². The number of aryl methyl sites for hydroxylation is 3. The zero-order valence-electron chi connectivity index (χ0n) is 21.6. The lowest BCUT2D eigenvalue weighted by atomic mass is 10.1. The second kappa shape index (κ2) is 12.6. The normalized spacial score (nSPS) is 11.2. The SMILES string of the molecule is CCCCc1ccc(N(Cc2ccc(C(=O)NCCOc3ccc(C)c(C)c3)cc2)S(C)(=O)=O)cc1. The van der Waals surface area contributed by atoms with Gasteiger partial charge in [0, 0.05) is 5.56 Å². The summed E-state index contributed by atoms with van der Waals surface area (Å²) in [6.07, 6.45) is 4.41. The number of sulfonamides is 1. The van der Waals surface area contributed by atoms with Gasteiger partial charge in [0.15, 0.2) is 0 Å². The van der Waals surface area contributed by atoms with Gasteiger partial charge in [0.25, 0.3) is 5.91 Å². The minimum absolute atomic E-state index is 0.193. The Morgan fingerprint density at radius 3 is 2.19 bits per heavy atom. The van der Waals surface area contributed by atoms with E-state index in [9.17, 15) is 13.2 Å². The molecule has 3 rings (SSSR count). The zero-order chi connectivity index (χ0) is 26.1. The molecule has 7 heteroatoms. The van der Waals surface area contributed by atoms with Crippen LogP contribution in [0.2, 0.25) is 0 Å². The van der Waals surface area contributed by atoms with Gasteiger partial charge < -0.3 is 10.1 Å². The standard InChI is InChI=1S/C29H36N2O4S/c1-5-6-7-24-11-15-27(16-12-24)31(36(4,33)34)21-25-9-13-26(14-10-25)29(32)30-18-19-35-28-17-8-22(2)23(3)20-28/h8-17,20H,5-7,18-19,21H2,1-4H3,(H,30,32). The first kappa shape index (κ1) is 27.3.